The van der Waals surface area contributed by atoms with Crippen LogP contribution in [-0.2, 0) is 0 Å². The van der Waals surface area contributed by atoms with Crippen LogP contribution in [0, 0.1) is 40.7 Å². The molecule has 0 aromatic heterocycles. The summed E-state index contributed by atoms with van der Waals surface area (Å²) in [6, 6.07) is 1.46. The Morgan fingerprint density at radius 1 is 0.682 bits per heavy atom. The highest BCUT2D eigenvalue weighted by atomic mass is 19.2. The van der Waals surface area contributed by atoms with Crippen molar-refractivity contribution in [2.45, 2.75) is 0 Å². The van der Waals surface area contributed by atoms with Crippen LogP contribution in [0.2, 0.25) is 0 Å². The molecule has 2 aromatic rings. The molecule has 9 heteroatoms. The van der Waals surface area contributed by atoms with E-state index in [1.165, 1.54) is 5.32 Å². The summed E-state index contributed by atoms with van der Waals surface area (Å²) in [5, 5.41) is 1.39. The van der Waals surface area contributed by atoms with E-state index in [2.05, 4.69) is 0 Å². The minimum Gasteiger partial charge on any atom is -0.317 e. The smallest absolute Gasteiger partial charge is 0.256 e. The van der Waals surface area contributed by atoms with E-state index in [1.54, 1.807) is 0 Å². The molecule has 1 amide bonds. The van der Waals surface area contributed by atoms with Crippen LogP contribution in [0.4, 0.5) is 36.4 Å². The summed E-state index contributed by atoms with van der Waals surface area (Å²) in [4.78, 5) is 11.6. The van der Waals surface area contributed by atoms with Crippen molar-refractivity contribution >= 4 is 11.6 Å². The first-order valence-electron chi connectivity index (χ1n) is 5.51. The van der Waals surface area contributed by atoms with Gasteiger partial charge in [0.2, 0.25) is 5.82 Å². The van der Waals surface area contributed by atoms with E-state index in [1.807, 2.05) is 0 Å². The first-order valence-corrected chi connectivity index (χ1v) is 5.51. The molecule has 2 aromatic carbocycles. The van der Waals surface area contributed by atoms with E-state index in [0.717, 1.165) is 0 Å². The Morgan fingerprint density at radius 2 is 1.09 bits per heavy atom. The van der Waals surface area contributed by atoms with Crippen LogP contribution in [-0.4, -0.2) is 5.91 Å². The number of halogens is 7. The van der Waals surface area contributed by atoms with Gasteiger partial charge in [-0.3, -0.25) is 4.79 Å². The average Bonchev–Trinajstić information content (AvgIpc) is 2.46. The Bertz CT molecular complexity index is 726. The lowest BCUT2D eigenvalue weighted by atomic mass is 10.2. The molecule has 0 spiro atoms. The van der Waals surface area contributed by atoms with E-state index in [4.69, 9.17) is 0 Å². The second kappa shape index (κ2) is 5.66. The fraction of sp³-hybridized carbons (Fsp3) is 0. The van der Waals surface area contributed by atoms with Gasteiger partial charge in [-0.25, -0.2) is 30.7 Å². The number of hydrogen-bond donors (Lipinski definition) is 1. The van der Waals surface area contributed by atoms with Crippen molar-refractivity contribution in [2.24, 2.45) is 0 Å². The summed E-state index contributed by atoms with van der Waals surface area (Å²) in [5.74, 6) is -15.3. The zero-order chi connectivity index (χ0) is 16.6. The number of carbonyl (C=O) groups excluding carboxylic acids is 1. The Kier molecular flexibility index (Phi) is 4.07. The third kappa shape index (κ3) is 2.74. The van der Waals surface area contributed by atoms with Crippen molar-refractivity contribution in [3.05, 3.63) is 64.5 Å². The van der Waals surface area contributed by atoms with Gasteiger partial charge in [0.15, 0.2) is 23.3 Å². The summed E-state index contributed by atoms with van der Waals surface area (Å²) in [6.45, 7) is 0. The summed E-state index contributed by atoms with van der Waals surface area (Å²) < 4.78 is 91.3. The lowest BCUT2D eigenvalue weighted by molar-refractivity contribution is 0.102. The van der Waals surface area contributed by atoms with Crippen molar-refractivity contribution in [1.82, 2.24) is 0 Å². The van der Waals surface area contributed by atoms with Crippen LogP contribution in [0.1, 0.15) is 10.4 Å². The standard InChI is InChI=1S/C13H4F7NO/c14-5-1-4(2-6(15)3-5)13(22)21-12-10(19)8(17)7(16)9(18)11(12)20/h1-3H,(H,21,22). The summed E-state index contributed by atoms with van der Waals surface area (Å²) in [5.41, 5.74) is -2.33. The van der Waals surface area contributed by atoms with Gasteiger partial charge in [-0.15, -0.1) is 0 Å². The van der Waals surface area contributed by atoms with E-state index in [0.29, 0.717) is 18.2 Å². The maximum atomic E-state index is 13.4. The number of hydrogen-bond acceptors (Lipinski definition) is 1. The maximum absolute atomic E-state index is 13.4. The molecule has 0 atom stereocenters. The van der Waals surface area contributed by atoms with Crippen LogP contribution >= 0.6 is 0 Å². The molecule has 0 radical (unpaired) electrons. The first-order chi connectivity index (χ1) is 10.2. The highest BCUT2D eigenvalue weighted by molar-refractivity contribution is 6.04. The highest BCUT2D eigenvalue weighted by Crippen LogP contribution is 2.27. The molecule has 0 heterocycles. The first kappa shape index (κ1) is 15.8. The molecule has 1 N–H and O–H groups in total. The molecule has 0 unspecified atom stereocenters. The van der Waals surface area contributed by atoms with Gasteiger partial charge in [-0.2, -0.15) is 0 Å². The molecular formula is C13H4F7NO. The van der Waals surface area contributed by atoms with Gasteiger partial charge in [0.25, 0.3) is 5.91 Å². The average molecular weight is 323 g/mol. The van der Waals surface area contributed by atoms with Crippen molar-refractivity contribution in [1.29, 1.82) is 0 Å². The molecule has 2 rings (SSSR count). The molecule has 0 saturated carbocycles. The third-order valence-electron chi connectivity index (χ3n) is 2.57. The van der Waals surface area contributed by atoms with Crippen molar-refractivity contribution in [3.8, 4) is 0 Å². The Morgan fingerprint density at radius 3 is 1.55 bits per heavy atom. The van der Waals surface area contributed by atoms with Crippen molar-refractivity contribution < 1.29 is 35.5 Å². The van der Waals surface area contributed by atoms with Gasteiger partial charge in [0, 0.05) is 11.6 Å². The number of rotatable bonds is 2. The maximum Gasteiger partial charge on any atom is 0.256 e. The van der Waals surface area contributed by atoms with Gasteiger partial charge in [-0.1, -0.05) is 0 Å². The molecular weight excluding hydrogens is 319 g/mol. The number of benzene rings is 2. The van der Waals surface area contributed by atoms with Crippen LogP contribution < -0.4 is 5.32 Å². The zero-order valence-electron chi connectivity index (χ0n) is 10.3. The second-order valence-electron chi connectivity index (χ2n) is 4.06. The fourth-order valence-electron chi connectivity index (χ4n) is 1.59. The van der Waals surface area contributed by atoms with Crippen molar-refractivity contribution in [3.63, 3.8) is 0 Å². The molecule has 0 aliphatic rings. The molecule has 0 aliphatic carbocycles. The SMILES string of the molecule is O=C(Nc1c(F)c(F)c(F)c(F)c1F)c1cc(F)cc(F)c1. The van der Waals surface area contributed by atoms with E-state index in [-0.39, 0.29) is 0 Å². The lowest BCUT2D eigenvalue weighted by Gasteiger charge is -2.10. The molecule has 2 nitrogen and oxygen atoms in total. The quantitative estimate of drug-likeness (QED) is 0.507. The van der Waals surface area contributed by atoms with Gasteiger partial charge < -0.3 is 5.32 Å². The predicted octanol–water partition coefficient (Wildman–Crippen LogP) is 3.91. The van der Waals surface area contributed by atoms with Gasteiger partial charge in [-0.05, 0) is 12.1 Å². The van der Waals surface area contributed by atoms with Crippen LogP contribution in [0.15, 0.2) is 18.2 Å². The van der Waals surface area contributed by atoms with E-state index < -0.39 is 57.9 Å². The zero-order valence-corrected chi connectivity index (χ0v) is 10.3. The monoisotopic (exact) mass is 323 g/mol. The fourth-order valence-corrected chi connectivity index (χ4v) is 1.59. The molecule has 116 valence electrons. The topological polar surface area (TPSA) is 29.1 Å². The molecule has 0 saturated heterocycles. The minimum absolute atomic E-state index is 0.426. The van der Waals surface area contributed by atoms with E-state index in [9.17, 15) is 35.5 Å². The number of anilines is 1. The largest absolute Gasteiger partial charge is 0.317 e. The van der Waals surface area contributed by atoms with Gasteiger partial charge >= 0.3 is 0 Å². The van der Waals surface area contributed by atoms with Gasteiger partial charge in [0.05, 0.1) is 0 Å². The number of nitrogens with one attached hydrogen (secondary N) is 1. The molecule has 22 heavy (non-hydrogen) atoms. The Hall–Kier alpha value is -2.58. The number of amides is 1. The molecule has 0 fully saturated rings. The second-order valence-corrected chi connectivity index (χ2v) is 4.06. The minimum atomic E-state index is -2.40. The Balaban J connectivity index is 2.45. The van der Waals surface area contributed by atoms with Gasteiger partial charge in [0.1, 0.15) is 17.3 Å². The van der Waals surface area contributed by atoms with Crippen LogP contribution in [0.3, 0.4) is 0 Å². The Labute approximate surface area is 118 Å². The van der Waals surface area contributed by atoms with E-state index >= 15 is 0 Å². The summed E-state index contributed by atoms with van der Waals surface area (Å²) in [7, 11) is 0. The van der Waals surface area contributed by atoms with Crippen LogP contribution in [0.25, 0.3) is 0 Å². The summed E-state index contributed by atoms with van der Waals surface area (Å²) in [6.07, 6.45) is 0. The van der Waals surface area contributed by atoms with Crippen molar-refractivity contribution in [2.75, 3.05) is 5.32 Å². The number of carbonyl (C=O) groups is 1. The molecule has 0 bridgehead atoms. The molecule has 0 aliphatic heterocycles. The lowest BCUT2D eigenvalue weighted by Crippen LogP contribution is -2.17. The summed E-state index contributed by atoms with van der Waals surface area (Å²) >= 11 is 0. The highest BCUT2D eigenvalue weighted by Gasteiger charge is 2.27. The third-order valence-corrected chi connectivity index (χ3v) is 2.57. The predicted molar refractivity (Wildman–Crippen MR) is 60.5 cm³/mol. The normalized spacial score (nSPS) is 10.7. The van der Waals surface area contributed by atoms with Crippen LogP contribution in [0.5, 0.6) is 0 Å².